The maximum absolute atomic E-state index is 5.08. The second-order valence-corrected chi connectivity index (χ2v) is 6.83. The van der Waals surface area contributed by atoms with Crippen LogP contribution in [0.15, 0.2) is 35.3 Å². The van der Waals surface area contributed by atoms with E-state index in [4.69, 9.17) is 4.99 Å². The molecule has 0 spiro atoms. The number of benzene rings is 1. The van der Waals surface area contributed by atoms with Crippen molar-refractivity contribution < 1.29 is 0 Å². The lowest BCUT2D eigenvalue weighted by atomic mass is 9.89. The Bertz CT molecular complexity index is 470. The lowest BCUT2D eigenvalue weighted by Gasteiger charge is -2.36. The van der Waals surface area contributed by atoms with Crippen molar-refractivity contribution in [2.75, 3.05) is 4.90 Å². The molecule has 1 aliphatic heterocycles. The average Bonchev–Trinajstić information content (AvgIpc) is 2.79. The van der Waals surface area contributed by atoms with Gasteiger partial charge in [-0.25, -0.2) is 0 Å². The molecule has 2 aliphatic rings. The molecule has 2 unspecified atom stereocenters. The van der Waals surface area contributed by atoms with Gasteiger partial charge in [-0.2, -0.15) is 0 Å². The van der Waals surface area contributed by atoms with Crippen molar-refractivity contribution in [3.8, 4) is 0 Å². The van der Waals surface area contributed by atoms with Gasteiger partial charge in [0.25, 0.3) is 0 Å². The Morgan fingerprint density at radius 2 is 1.74 bits per heavy atom. The Kier molecular flexibility index (Phi) is 3.12. The minimum absolute atomic E-state index is 0.118. The standard InChI is InChI=1S/C17H24N2/c1-17(2,3)16-18-14-11-7-8-12-15(14)19(16)13-9-5-4-6-10-13/h4-6,9-10,14-15H,7-8,11-12H2,1-3H3. The van der Waals surface area contributed by atoms with Crippen molar-refractivity contribution >= 4 is 11.5 Å². The quantitative estimate of drug-likeness (QED) is 0.733. The molecule has 2 nitrogen and oxygen atoms in total. The third-order valence-corrected chi connectivity index (χ3v) is 4.25. The molecule has 19 heavy (non-hydrogen) atoms. The number of para-hydroxylation sites is 1. The number of hydrogen-bond acceptors (Lipinski definition) is 2. The number of anilines is 1. The van der Waals surface area contributed by atoms with E-state index in [9.17, 15) is 0 Å². The highest BCUT2D eigenvalue weighted by molar-refractivity contribution is 6.03. The van der Waals surface area contributed by atoms with Crippen LogP contribution in [0.25, 0.3) is 0 Å². The van der Waals surface area contributed by atoms with Gasteiger partial charge < -0.3 is 4.90 Å². The zero-order valence-corrected chi connectivity index (χ0v) is 12.3. The van der Waals surface area contributed by atoms with Gasteiger partial charge in [-0.1, -0.05) is 51.8 Å². The fraction of sp³-hybridized carbons (Fsp3) is 0.588. The van der Waals surface area contributed by atoms with E-state index in [1.807, 2.05) is 0 Å². The summed E-state index contributed by atoms with van der Waals surface area (Å²) in [7, 11) is 0. The molecule has 0 radical (unpaired) electrons. The minimum atomic E-state index is 0.118. The zero-order chi connectivity index (χ0) is 13.5. The highest BCUT2D eigenvalue weighted by Crippen LogP contribution is 2.38. The van der Waals surface area contributed by atoms with E-state index in [2.05, 4.69) is 56.0 Å². The SMILES string of the molecule is CC(C)(C)C1=NC2CCCCC2N1c1ccccc1. The Balaban J connectivity index is 2.01. The first-order valence-corrected chi connectivity index (χ1v) is 7.50. The predicted molar refractivity (Wildman–Crippen MR) is 81.9 cm³/mol. The normalized spacial score (nSPS) is 27.1. The van der Waals surface area contributed by atoms with Crippen molar-refractivity contribution in [3.63, 3.8) is 0 Å². The van der Waals surface area contributed by atoms with Crippen LogP contribution < -0.4 is 4.90 Å². The summed E-state index contributed by atoms with van der Waals surface area (Å²) in [6.07, 6.45) is 5.22. The maximum atomic E-state index is 5.08. The molecule has 1 fully saturated rings. The van der Waals surface area contributed by atoms with Crippen LogP contribution in [0.3, 0.4) is 0 Å². The molecule has 2 heteroatoms. The number of hydrogen-bond donors (Lipinski definition) is 0. The molecule has 0 saturated heterocycles. The first-order valence-electron chi connectivity index (χ1n) is 7.50. The van der Waals surface area contributed by atoms with Gasteiger partial charge in [0.2, 0.25) is 0 Å². The molecule has 0 amide bonds. The second-order valence-electron chi connectivity index (χ2n) is 6.83. The number of rotatable bonds is 1. The molecule has 3 rings (SSSR count). The topological polar surface area (TPSA) is 15.6 Å². The van der Waals surface area contributed by atoms with Crippen LogP contribution in [0.4, 0.5) is 5.69 Å². The summed E-state index contributed by atoms with van der Waals surface area (Å²) in [6, 6.07) is 11.9. The van der Waals surface area contributed by atoms with Crippen molar-refractivity contribution in [3.05, 3.63) is 30.3 Å². The van der Waals surface area contributed by atoms with Gasteiger partial charge in [-0.15, -0.1) is 0 Å². The Morgan fingerprint density at radius 1 is 1.05 bits per heavy atom. The van der Waals surface area contributed by atoms with Gasteiger partial charge in [0.05, 0.1) is 12.1 Å². The lowest BCUT2D eigenvalue weighted by molar-refractivity contribution is 0.404. The summed E-state index contributed by atoms with van der Waals surface area (Å²) < 4.78 is 0. The molecule has 102 valence electrons. The summed E-state index contributed by atoms with van der Waals surface area (Å²) in [5.41, 5.74) is 1.43. The lowest BCUT2D eigenvalue weighted by Crippen LogP contribution is -2.45. The summed E-state index contributed by atoms with van der Waals surface area (Å²) >= 11 is 0. The zero-order valence-electron chi connectivity index (χ0n) is 12.3. The monoisotopic (exact) mass is 256 g/mol. The number of fused-ring (bicyclic) bond motifs is 1. The Morgan fingerprint density at radius 3 is 2.42 bits per heavy atom. The van der Waals surface area contributed by atoms with E-state index in [-0.39, 0.29) is 5.41 Å². The first kappa shape index (κ1) is 12.7. The van der Waals surface area contributed by atoms with Gasteiger partial charge in [-0.05, 0) is 25.0 Å². The smallest absolute Gasteiger partial charge is 0.109 e. The van der Waals surface area contributed by atoms with E-state index in [1.165, 1.54) is 37.2 Å². The molecule has 0 aromatic heterocycles. The van der Waals surface area contributed by atoms with Crippen molar-refractivity contribution in [1.82, 2.24) is 0 Å². The second kappa shape index (κ2) is 4.66. The fourth-order valence-electron chi connectivity index (χ4n) is 3.38. The van der Waals surface area contributed by atoms with Crippen LogP contribution in [-0.2, 0) is 0 Å². The van der Waals surface area contributed by atoms with Crippen LogP contribution in [0.1, 0.15) is 46.5 Å². The predicted octanol–water partition coefficient (Wildman–Crippen LogP) is 4.26. The van der Waals surface area contributed by atoms with Crippen LogP contribution >= 0.6 is 0 Å². The van der Waals surface area contributed by atoms with Crippen molar-refractivity contribution in [2.24, 2.45) is 10.4 Å². The van der Waals surface area contributed by atoms with E-state index in [0.717, 1.165) is 0 Å². The molecular weight excluding hydrogens is 232 g/mol. The van der Waals surface area contributed by atoms with E-state index in [1.54, 1.807) is 0 Å². The third kappa shape index (κ3) is 2.29. The van der Waals surface area contributed by atoms with Gasteiger partial charge in [0.15, 0.2) is 0 Å². The molecule has 1 aromatic rings. The van der Waals surface area contributed by atoms with Crippen molar-refractivity contribution in [1.29, 1.82) is 0 Å². The number of amidine groups is 1. The van der Waals surface area contributed by atoms with E-state index < -0.39 is 0 Å². The maximum Gasteiger partial charge on any atom is 0.109 e. The molecule has 1 aliphatic carbocycles. The van der Waals surface area contributed by atoms with E-state index in [0.29, 0.717) is 12.1 Å². The third-order valence-electron chi connectivity index (χ3n) is 4.25. The number of aliphatic imine (C=N–C) groups is 1. The summed E-state index contributed by atoms with van der Waals surface area (Å²) in [6.45, 7) is 6.83. The van der Waals surface area contributed by atoms with Crippen LogP contribution in [0, 0.1) is 5.41 Å². The fourth-order valence-corrected chi connectivity index (χ4v) is 3.38. The van der Waals surface area contributed by atoms with Gasteiger partial charge in [0, 0.05) is 11.1 Å². The largest absolute Gasteiger partial charge is 0.324 e. The van der Waals surface area contributed by atoms with Crippen LogP contribution in [0.5, 0.6) is 0 Å². The highest BCUT2D eigenvalue weighted by atomic mass is 15.3. The van der Waals surface area contributed by atoms with Gasteiger partial charge in [-0.3, -0.25) is 4.99 Å². The highest BCUT2D eigenvalue weighted by Gasteiger charge is 2.41. The molecule has 0 bridgehead atoms. The first-order chi connectivity index (χ1) is 9.07. The molecule has 1 saturated carbocycles. The van der Waals surface area contributed by atoms with E-state index >= 15 is 0 Å². The van der Waals surface area contributed by atoms with Gasteiger partial charge in [0.1, 0.15) is 5.84 Å². The van der Waals surface area contributed by atoms with Crippen LogP contribution in [0.2, 0.25) is 0 Å². The Labute approximate surface area is 116 Å². The van der Waals surface area contributed by atoms with Crippen LogP contribution in [-0.4, -0.2) is 17.9 Å². The van der Waals surface area contributed by atoms with Gasteiger partial charge >= 0.3 is 0 Å². The summed E-state index contributed by atoms with van der Waals surface area (Å²) in [5.74, 6) is 1.27. The molecule has 0 N–H and O–H groups in total. The number of nitrogens with zero attached hydrogens (tertiary/aromatic N) is 2. The average molecular weight is 256 g/mol. The Hall–Kier alpha value is -1.31. The van der Waals surface area contributed by atoms with Crippen molar-refractivity contribution in [2.45, 2.75) is 58.5 Å². The minimum Gasteiger partial charge on any atom is -0.324 e. The molecule has 1 aromatic carbocycles. The molecule has 1 heterocycles. The summed E-state index contributed by atoms with van der Waals surface area (Å²) in [5, 5.41) is 0. The molecule has 2 atom stereocenters. The molecular formula is C17H24N2. The summed E-state index contributed by atoms with van der Waals surface area (Å²) in [4.78, 5) is 7.60.